The minimum absolute atomic E-state index is 0.0366. The molecule has 0 radical (unpaired) electrons. The Balaban J connectivity index is 1.64. The number of carbonyl (C=O) groups excluding carboxylic acids is 1. The molecule has 1 amide bonds. The average molecular weight is 295 g/mol. The van der Waals surface area contributed by atoms with Crippen LogP contribution in [0.4, 0.5) is 0 Å². The molecular formula is C17H17N3O2. The van der Waals surface area contributed by atoms with Crippen LogP contribution < -0.4 is 5.56 Å². The van der Waals surface area contributed by atoms with E-state index in [2.05, 4.69) is 4.98 Å². The van der Waals surface area contributed by atoms with Crippen LogP contribution in [-0.2, 0) is 6.54 Å². The first-order valence-corrected chi connectivity index (χ1v) is 7.61. The molecule has 1 saturated heterocycles. The summed E-state index contributed by atoms with van der Waals surface area (Å²) in [6.45, 7) is 2.10. The highest BCUT2D eigenvalue weighted by molar-refractivity contribution is 5.94. The summed E-state index contributed by atoms with van der Waals surface area (Å²) in [4.78, 5) is 30.6. The average Bonchev–Trinajstić information content (AvgIpc) is 2.56. The summed E-state index contributed by atoms with van der Waals surface area (Å²) < 4.78 is 1.88. The van der Waals surface area contributed by atoms with E-state index in [4.69, 9.17) is 0 Å². The third-order valence-electron chi connectivity index (χ3n) is 4.68. The van der Waals surface area contributed by atoms with Gasteiger partial charge in [-0.3, -0.25) is 14.6 Å². The van der Waals surface area contributed by atoms with Crippen molar-refractivity contribution in [3.63, 3.8) is 0 Å². The van der Waals surface area contributed by atoms with Crippen molar-refractivity contribution < 1.29 is 4.79 Å². The summed E-state index contributed by atoms with van der Waals surface area (Å²) in [5, 5.41) is 0. The Kier molecular flexibility index (Phi) is 3.06. The zero-order valence-electron chi connectivity index (χ0n) is 12.2. The van der Waals surface area contributed by atoms with Crippen LogP contribution in [0, 0.1) is 5.92 Å². The molecule has 2 aliphatic heterocycles. The number of piperidine rings is 1. The van der Waals surface area contributed by atoms with Crippen LogP contribution in [0.25, 0.3) is 0 Å². The van der Waals surface area contributed by atoms with E-state index in [1.807, 2.05) is 21.6 Å². The predicted octanol–water partition coefficient (Wildman–Crippen LogP) is 1.50. The molecule has 0 aliphatic carbocycles. The first kappa shape index (κ1) is 13.2. The number of likely N-dealkylation sites (tertiary alicyclic amines) is 1. The molecule has 4 heterocycles. The second kappa shape index (κ2) is 5.09. The predicted molar refractivity (Wildman–Crippen MR) is 81.7 cm³/mol. The molecule has 1 fully saturated rings. The number of pyridine rings is 2. The minimum Gasteiger partial charge on any atom is -0.338 e. The van der Waals surface area contributed by atoms with Crippen molar-refractivity contribution in [1.82, 2.24) is 14.5 Å². The van der Waals surface area contributed by atoms with Crippen molar-refractivity contribution in [3.8, 4) is 0 Å². The minimum atomic E-state index is 0.0366. The quantitative estimate of drug-likeness (QED) is 0.801. The van der Waals surface area contributed by atoms with Crippen LogP contribution in [0.5, 0.6) is 0 Å². The van der Waals surface area contributed by atoms with Gasteiger partial charge in [0.15, 0.2) is 0 Å². The molecule has 4 rings (SSSR count). The van der Waals surface area contributed by atoms with Crippen molar-refractivity contribution in [1.29, 1.82) is 0 Å². The highest BCUT2D eigenvalue weighted by Gasteiger charge is 2.36. The number of hydrogen-bond acceptors (Lipinski definition) is 3. The lowest BCUT2D eigenvalue weighted by Crippen LogP contribution is -2.49. The molecule has 0 N–H and O–H groups in total. The lowest BCUT2D eigenvalue weighted by molar-refractivity contribution is 0.0594. The maximum atomic E-state index is 12.6. The maximum Gasteiger partial charge on any atom is 0.255 e. The molecule has 2 unspecified atom stereocenters. The Morgan fingerprint density at radius 3 is 2.86 bits per heavy atom. The van der Waals surface area contributed by atoms with Crippen LogP contribution in [0.3, 0.4) is 0 Å². The fraction of sp³-hybridized carbons (Fsp3) is 0.353. The number of aromatic nitrogens is 2. The van der Waals surface area contributed by atoms with E-state index in [0.717, 1.165) is 12.1 Å². The van der Waals surface area contributed by atoms with Crippen LogP contribution in [0.15, 0.2) is 47.5 Å². The Bertz CT molecular complexity index is 769. The molecule has 2 aromatic heterocycles. The zero-order valence-corrected chi connectivity index (χ0v) is 12.2. The van der Waals surface area contributed by atoms with Gasteiger partial charge in [-0.15, -0.1) is 0 Å². The largest absolute Gasteiger partial charge is 0.338 e. The summed E-state index contributed by atoms with van der Waals surface area (Å²) >= 11 is 0. The van der Waals surface area contributed by atoms with Gasteiger partial charge < -0.3 is 9.47 Å². The zero-order chi connectivity index (χ0) is 15.1. The summed E-state index contributed by atoms with van der Waals surface area (Å²) in [7, 11) is 0. The molecule has 2 aliphatic rings. The van der Waals surface area contributed by atoms with E-state index < -0.39 is 0 Å². The fourth-order valence-electron chi connectivity index (χ4n) is 3.73. The van der Waals surface area contributed by atoms with Gasteiger partial charge in [0.1, 0.15) is 0 Å². The van der Waals surface area contributed by atoms with Crippen LogP contribution in [0.1, 0.15) is 28.4 Å². The second-order valence-electron chi connectivity index (χ2n) is 6.15. The summed E-state index contributed by atoms with van der Waals surface area (Å²) in [5.74, 6) is 0.642. The molecule has 2 aromatic rings. The summed E-state index contributed by atoms with van der Waals surface area (Å²) in [6, 6.07) is 9.03. The van der Waals surface area contributed by atoms with Crippen LogP contribution in [-0.4, -0.2) is 33.4 Å². The van der Waals surface area contributed by atoms with Gasteiger partial charge in [0.05, 0.1) is 5.56 Å². The smallest absolute Gasteiger partial charge is 0.255 e. The lowest BCUT2D eigenvalue weighted by Gasteiger charge is -2.42. The van der Waals surface area contributed by atoms with Crippen molar-refractivity contribution in [2.75, 3.05) is 13.1 Å². The van der Waals surface area contributed by atoms with Gasteiger partial charge >= 0.3 is 0 Å². The molecule has 22 heavy (non-hydrogen) atoms. The number of fused-ring (bicyclic) bond motifs is 4. The lowest BCUT2D eigenvalue weighted by atomic mass is 9.83. The van der Waals surface area contributed by atoms with E-state index in [-0.39, 0.29) is 17.4 Å². The van der Waals surface area contributed by atoms with E-state index in [0.29, 0.717) is 31.1 Å². The van der Waals surface area contributed by atoms with E-state index in [9.17, 15) is 9.59 Å². The fourth-order valence-corrected chi connectivity index (χ4v) is 3.73. The SMILES string of the molecule is O=C(c1cccnc1)N1CC2CC(C1)c1cccc(=O)n1C2. The molecule has 5 heteroatoms. The van der Waals surface area contributed by atoms with Gasteiger partial charge in [-0.1, -0.05) is 6.07 Å². The Hall–Kier alpha value is -2.43. The van der Waals surface area contributed by atoms with Crippen molar-refractivity contribution in [2.45, 2.75) is 18.9 Å². The van der Waals surface area contributed by atoms with Crippen molar-refractivity contribution in [2.24, 2.45) is 5.92 Å². The molecule has 112 valence electrons. The normalized spacial score (nSPS) is 23.0. The first-order chi connectivity index (χ1) is 10.7. The van der Waals surface area contributed by atoms with Gasteiger partial charge in [-0.25, -0.2) is 0 Å². The number of carbonyl (C=O) groups is 1. The topological polar surface area (TPSA) is 55.2 Å². The van der Waals surface area contributed by atoms with E-state index in [1.165, 1.54) is 0 Å². The monoisotopic (exact) mass is 295 g/mol. The second-order valence-corrected chi connectivity index (χ2v) is 6.15. The Labute approximate surface area is 128 Å². The summed E-state index contributed by atoms with van der Waals surface area (Å²) in [5.41, 5.74) is 1.76. The third-order valence-corrected chi connectivity index (χ3v) is 4.68. The van der Waals surface area contributed by atoms with Crippen molar-refractivity contribution >= 4 is 5.91 Å². The third kappa shape index (κ3) is 2.13. The Morgan fingerprint density at radius 2 is 2.05 bits per heavy atom. The number of amides is 1. The highest BCUT2D eigenvalue weighted by atomic mass is 16.2. The van der Waals surface area contributed by atoms with Crippen LogP contribution >= 0.6 is 0 Å². The van der Waals surface area contributed by atoms with Gasteiger partial charge in [-0.05, 0) is 30.5 Å². The van der Waals surface area contributed by atoms with Gasteiger partial charge in [0.2, 0.25) is 0 Å². The van der Waals surface area contributed by atoms with E-state index >= 15 is 0 Å². The molecule has 0 spiro atoms. The number of rotatable bonds is 1. The maximum absolute atomic E-state index is 12.6. The van der Waals surface area contributed by atoms with Gasteiger partial charge in [0.25, 0.3) is 11.5 Å². The van der Waals surface area contributed by atoms with Crippen LogP contribution in [0.2, 0.25) is 0 Å². The molecule has 5 nitrogen and oxygen atoms in total. The summed E-state index contributed by atoms with van der Waals surface area (Å²) in [6.07, 6.45) is 4.34. The molecule has 0 saturated carbocycles. The standard InChI is InChI=1S/C17H17N3O2/c21-16-5-1-4-15-14-7-12(10-20(15)16)9-19(11-14)17(22)13-3-2-6-18-8-13/h1-6,8,12,14H,7,9-11H2. The van der Waals surface area contributed by atoms with Gasteiger partial charge in [0, 0.05) is 49.7 Å². The van der Waals surface area contributed by atoms with Gasteiger partial charge in [-0.2, -0.15) is 0 Å². The molecular weight excluding hydrogens is 278 g/mol. The molecule has 0 aromatic carbocycles. The first-order valence-electron chi connectivity index (χ1n) is 7.61. The number of nitrogens with zero attached hydrogens (tertiary/aromatic N) is 3. The van der Waals surface area contributed by atoms with Crippen molar-refractivity contribution in [3.05, 3.63) is 64.3 Å². The highest BCUT2D eigenvalue weighted by Crippen LogP contribution is 2.35. The van der Waals surface area contributed by atoms with E-state index in [1.54, 1.807) is 30.6 Å². The number of hydrogen-bond donors (Lipinski definition) is 0. The molecule has 2 atom stereocenters. The Morgan fingerprint density at radius 1 is 1.14 bits per heavy atom. The molecule has 2 bridgehead atoms.